The summed E-state index contributed by atoms with van der Waals surface area (Å²) in [5.41, 5.74) is 2.20. The van der Waals surface area contributed by atoms with Crippen molar-refractivity contribution in [2.45, 2.75) is 6.54 Å². The second kappa shape index (κ2) is 7.46. The predicted octanol–water partition coefficient (Wildman–Crippen LogP) is 3.05. The van der Waals surface area contributed by atoms with E-state index in [0.29, 0.717) is 17.8 Å². The van der Waals surface area contributed by atoms with Gasteiger partial charge in [-0.25, -0.2) is 0 Å². The van der Waals surface area contributed by atoms with E-state index in [9.17, 15) is 4.79 Å². The van der Waals surface area contributed by atoms with Crippen LogP contribution in [0.15, 0.2) is 53.0 Å². The summed E-state index contributed by atoms with van der Waals surface area (Å²) in [6.45, 7) is 0.621. The molecule has 0 saturated carbocycles. The molecule has 0 bridgehead atoms. The van der Waals surface area contributed by atoms with Crippen molar-refractivity contribution in [2.24, 2.45) is 0 Å². The molecule has 0 fully saturated rings. The van der Waals surface area contributed by atoms with E-state index < -0.39 is 0 Å². The Morgan fingerprint density at radius 1 is 1.19 bits per heavy atom. The van der Waals surface area contributed by atoms with Gasteiger partial charge in [-0.05, 0) is 23.8 Å². The van der Waals surface area contributed by atoms with Crippen LogP contribution < -0.4 is 10.6 Å². The normalized spacial score (nSPS) is 9.71. The number of carbonyl (C=O) groups is 1. The fourth-order valence-electron chi connectivity index (χ4n) is 1.80. The third-order valence-electron chi connectivity index (χ3n) is 2.87. The van der Waals surface area contributed by atoms with E-state index in [-0.39, 0.29) is 12.5 Å². The van der Waals surface area contributed by atoms with Crippen LogP contribution in [0.25, 0.3) is 0 Å². The summed E-state index contributed by atoms with van der Waals surface area (Å²) in [5, 5.41) is 14.8. The Morgan fingerprint density at radius 3 is 2.67 bits per heavy atom. The molecule has 106 valence electrons. The molecule has 0 aliphatic rings. The Morgan fingerprint density at radius 2 is 1.95 bits per heavy atom. The number of benzene rings is 2. The van der Waals surface area contributed by atoms with Gasteiger partial charge in [0.1, 0.15) is 6.07 Å². The van der Waals surface area contributed by atoms with E-state index in [2.05, 4.69) is 32.6 Å². The summed E-state index contributed by atoms with van der Waals surface area (Å²) in [7, 11) is 0. The standard InChI is InChI=1S/C16H14BrN3O/c17-14-6-7-15(13(8-14)9-18)19-11-16(21)20-10-12-4-2-1-3-5-12/h1-8,19H,10-11H2,(H,20,21). The summed E-state index contributed by atoms with van der Waals surface area (Å²) in [6, 6.07) is 17.1. The molecule has 0 saturated heterocycles. The van der Waals surface area contributed by atoms with Crippen LogP contribution in [-0.2, 0) is 11.3 Å². The van der Waals surface area contributed by atoms with Gasteiger partial charge in [0.05, 0.1) is 17.8 Å². The van der Waals surface area contributed by atoms with Crippen molar-refractivity contribution in [3.63, 3.8) is 0 Å². The van der Waals surface area contributed by atoms with Gasteiger partial charge in [-0.1, -0.05) is 46.3 Å². The topological polar surface area (TPSA) is 64.9 Å². The molecule has 0 aliphatic heterocycles. The first-order valence-corrected chi connectivity index (χ1v) is 7.22. The van der Waals surface area contributed by atoms with Gasteiger partial charge in [-0.2, -0.15) is 5.26 Å². The maximum Gasteiger partial charge on any atom is 0.239 e. The van der Waals surface area contributed by atoms with Crippen LogP contribution in [0.1, 0.15) is 11.1 Å². The predicted molar refractivity (Wildman–Crippen MR) is 85.6 cm³/mol. The van der Waals surface area contributed by atoms with Crippen LogP contribution in [0, 0.1) is 11.3 Å². The fourth-order valence-corrected chi connectivity index (χ4v) is 2.16. The molecular formula is C16H14BrN3O. The fraction of sp³-hybridized carbons (Fsp3) is 0.125. The van der Waals surface area contributed by atoms with E-state index in [1.54, 1.807) is 12.1 Å². The Kier molecular flexibility index (Phi) is 5.35. The van der Waals surface area contributed by atoms with Gasteiger partial charge < -0.3 is 10.6 Å². The zero-order valence-corrected chi connectivity index (χ0v) is 12.9. The molecule has 4 nitrogen and oxygen atoms in total. The van der Waals surface area contributed by atoms with Crippen molar-refractivity contribution < 1.29 is 4.79 Å². The maximum absolute atomic E-state index is 11.8. The molecule has 2 N–H and O–H groups in total. The van der Waals surface area contributed by atoms with Gasteiger partial charge in [-0.3, -0.25) is 4.79 Å². The maximum atomic E-state index is 11.8. The smallest absolute Gasteiger partial charge is 0.239 e. The first-order chi connectivity index (χ1) is 10.2. The molecule has 0 atom stereocenters. The van der Waals surface area contributed by atoms with E-state index in [1.165, 1.54) is 0 Å². The third kappa shape index (κ3) is 4.62. The van der Waals surface area contributed by atoms with Gasteiger partial charge in [-0.15, -0.1) is 0 Å². The molecule has 0 unspecified atom stereocenters. The summed E-state index contributed by atoms with van der Waals surface area (Å²) < 4.78 is 0.832. The van der Waals surface area contributed by atoms with Gasteiger partial charge in [0, 0.05) is 11.0 Å². The van der Waals surface area contributed by atoms with Crippen molar-refractivity contribution in [2.75, 3.05) is 11.9 Å². The number of nitriles is 1. The highest BCUT2D eigenvalue weighted by Gasteiger charge is 2.05. The van der Waals surface area contributed by atoms with E-state index in [4.69, 9.17) is 5.26 Å². The molecule has 0 aliphatic carbocycles. The first kappa shape index (κ1) is 15.1. The summed E-state index contributed by atoms with van der Waals surface area (Å²) in [6.07, 6.45) is 0. The van der Waals surface area contributed by atoms with Gasteiger partial charge in [0.2, 0.25) is 5.91 Å². The second-order valence-electron chi connectivity index (χ2n) is 4.42. The lowest BCUT2D eigenvalue weighted by Crippen LogP contribution is -2.29. The second-order valence-corrected chi connectivity index (χ2v) is 5.33. The zero-order chi connectivity index (χ0) is 15.1. The van der Waals surface area contributed by atoms with E-state index >= 15 is 0 Å². The molecule has 2 aromatic rings. The van der Waals surface area contributed by atoms with Gasteiger partial charge in [0.15, 0.2) is 0 Å². The SMILES string of the molecule is N#Cc1cc(Br)ccc1NCC(=O)NCc1ccccc1. The number of anilines is 1. The van der Waals surface area contributed by atoms with Crippen LogP contribution in [0.5, 0.6) is 0 Å². The van der Waals surface area contributed by atoms with Crippen LogP contribution >= 0.6 is 15.9 Å². The van der Waals surface area contributed by atoms with Gasteiger partial charge >= 0.3 is 0 Å². The number of halogens is 1. The zero-order valence-electron chi connectivity index (χ0n) is 11.3. The first-order valence-electron chi connectivity index (χ1n) is 6.43. The summed E-state index contributed by atoms with van der Waals surface area (Å²) in [5.74, 6) is -0.120. The summed E-state index contributed by atoms with van der Waals surface area (Å²) in [4.78, 5) is 11.8. The molecule has 0 spiro atoms. The average molecular weight is 344 g/mol. The minimum atomic E-state index is -0.120. The van der Waals surface area contributed by atoms with Crippen molar-refractivity contribution in [1.82, 2.24) is 5.32 Å². The van der Waals surface area contributed by atoms with Crippen molar-refractivity contribution >= 4 is 27.5 Å². The number of rotatable bonds is 5. The molecular weight excluding hydrogens is 330 g/mol. The van der Waals surface area contributed by atoms with Crippen LogP contribution in [-0.4, -0.2) is 12.5 Å². The molecule has 1 amide bonds. The molecule has 0 aromatic heterocycles. The number of hydrogen-bond acceptors (Lipinski definition) is 3. The quantitative estimate of drug-likeness (QED) is 0.876. The van der Waals surface area contributed by atoms with Crippen LogP contribution in [0.4, 0.5) is 5.69 Å². The molecule has 2 rings (SSSR count). The molecule has 21 heavy (non-hydrogen) atoms. The highest BCUT2D eigenvalue weighted by atomic mass is 79.9. The van der Waals surface area contributed by atoms with Crippen LogP contribution in [0.2, 0.25) is 0 Å². The Labute approximate surface area is 131 Å². The van der Waals surface area contributed by atoms with Gasteiger partial charge in [0.25, 0.3) is 0 Å². The minimum absolute atomic E-state index is 0.120. The summed E-state index contributed by atoms with van der Waals surface area (Å²) >= 11 is 3.31. The highest BCUT2D eigenvalue weighted by molar-refractivity contribution is 9.10. The molecule has 5 heteroatoms. The highest BCUT2D eigenvalue weighted by Crippen LogP contribution is 2.19. The van der Waals surface area contributed by atoms with E-state index in [0.717, 1.165) is 10.0 Å². The molecule has 0 heterocycles. The van der Waals surface area contributed by atoms with Crippen molar-refractivity contribution in [3.05, 3.63) is 64.1 Å². The number of nitrogens with one attached hydrogen (secondary N) is 2. The largest absolute Gasteiger partial charge is 0.375 e. The van der Waals surface area contributed by atoms with Crippen molar-refractivity contribution in [3.8, 4) is 6.07 Å². The lowest BCUT2D eigenvalue weighted by Gasteiger charge is -2.09. The molecule has 0 radical (unpaired) electrons. The third-order valence-corrected chi connectivity index (χ3v) is 3.37. The van der Waals surface area contributed by atoms with Crippen LogP contribution in [0.3, 0.4) is 0 Å². The van der Waals surface area contributed by atoms with Crippen molar-refractivity contribution in [1.29, 1.82) is 5.26 Å². The average Bonchev–Trinajstić information content (AvgIpc) is 2.52. The number of amides is 1. The Bertz CT molecular complexity index is 665. The number of carbonyl (C=O) groups excluding carboxylic acids is 1. The lowest BCUT2D eigenvalue weighted by atomic mass is 10.2. The lowest BCUT2D eigenvalue weighted by molar-refractivity contribution is -0.119. The minimum Gasteiger partial charge on any atom is -0.375 e. The Balaban J connectivity index is 1.86. The number of nitrogens with zero attached hydrogens (tertiary/aromatic N) is 1. The van der Waals surface area contributed by atoms with E-state index in [1.807, 2.05) is 36.4 Å². The number of hydrogen-bond donors (Lipinski definition) is 2. The monoisotopic (exact) mass is 343 g/mol. The Hall–Kier alpha value is -2.32. The molecule has 2 aromatic carbocycles.